The van der Waals surface area contributed by atoms with Crippen LogP contribution < -0.4 is 5.32 Å². The molecule has 0 spiro atoms. The van der Waals surface area contributed by atoms with Crippen molar-refractivity contribution in [3.05, 3.63) is 59.4 Å². The molecule has 10 heteroatoms. The summed E-state index contributed by atoms with van der Waals surface area (Å²) in [5.41, 5.74) is 3.06. The molecule has 4 rings (SSSR count). The van der Waals surface area contributed by atoms with E-state index >= 15 is 0 Å². The van der Waals surface area contributed by atoms with E-state index in [0.29, 0.717) is 16.8 Å². The molecular formula is C23H27N5O3S2. The van der Waals surface area contributed by atoms with E-state index in [4.69, 9.17) is 0 Å². The summed E-state index contributed by atoms with van der Waals surface area (Å²) in [6.07, 6.45) is 2.20. The second-order valence-electron chi connectivity index (χ2n) is 8.31. The highest BCUT2D eigenvalue weighted by molar-refractivity contribution is 7.99. The predicted molar refractivity (Wildman–Crippen MR) is 129 cm³/mol. The van der Waals surface area contributed by atoms with Gasteiger partial charge < -0.3 is 5.32 Å². The Morgan fingerprint density at radius 2 is 1.88 bits per heavy atom. The Balaban J connectivity index is 1.49. The number of anilines is 1. The summed E-state index contributed by atoms with van der Waals surface area (Å²) in [6, 6.07) is 13.0. The summed E-state index contributed by atoms with van der Waals surface area (Å²) >= 11 is 1.27. The van der Waals surface area contributed by atoms with Gasteiger partial charge in [-0.15, -0.1) is 5.10 Å². The number of carbonyl (C=O) groups excluding carboxylic acids is 1. The van der Waals surface area contributed by atoms with Crippen molar-refractivity contribution in [2.24, 2.45) is 0 Å². The van der Waals surface area contributed by atoms with E-state index < -0.39 is 10.0 Å². The number of rotatable bonds is 8. The Hall–Kier alpha value is -2.69. The van der Waals surface area contributed by atoms with Crippen LogP contribution in [0.4, 0.5) is 5.69 Å². The van der Waals surface area contributed by atoms with Crippen LogP contribution in [-0.4, -0.2) is 53.2 Å². The molecular weight excluding hydrogens is 458 g/mol. The monoisotopic (exact) mass is 485 g/mol. The van der Waals surface area contributed by atoms with Crippen LogP contribution in [0.25, 0.3) is 5.69 Å². The molecule has 0 saturated heterocycles. The van der Waals surface area contributed by atoms with E-state index in [2.05, 4.69) is 15.4 Å². The summed E-state index contributed by atoms with van der Waals surface area (Å²) in [5.74, 6) is 1.21. The number of carbonyl (C=O) groups is 1. The van der Waals surface area contributed by atoms with Crippen LogP contribution in [0.15, 0.2) is 52.5 Å². The largest absolute Gasteiger partial charge is 0.325 e. The van der Waals surface area contributed by atoms with E-state index in [1.165, 1.54) is 31.9 Å². The van der Waals surface area contributed by atoms with Gasteiger partial charge in [-0.1, -0.05) is 30.0 Å². The van der Waals surface area contributed by atoms with Gasteiger partial charge in [0, 0.05) is 25.7 Å². The van der Waals surface area contributed by atoms with E-state index in [-0.39, 0.29) is 16.6 Å². The summed E-state index contributed by atoms with van der Waals surface area (Å²) in [6.45, 7) is 3.68. The van der Waals surface area contributed by atoms with Crippen LogP contribution in [0.3, 0.4) is 0 Å². The van der Waals surface area contributed by atoms with Crippen LogP contribution in [0, 0.1) is 13.8 Å². The Bertz CT molecular complexity index is 1280. The summed E-state index contributed by atoms with van der Waals surface area (Å²) in [4.78, 5) is 17.5. The third-order valence-corrected chi connectivity index (χ3v) is 8.21. The average Bonchev–Trinajstić information content (AvgIpc) is 3.54. The van der Waals surface area contributed by atoms with Gasteiger partial charge in [-0.2, -0.15) is 0 Å². The highest BCUT2D eigenvalue weighted by Gasteiger charge is 2.30. The van der Waals surface area contributed by atoms with Crippen molar-refractivity contribution in [2.75, 3.05) is 25.2 Å². The highest BCUT2D eigenvalue weighted by Crippen LogP contribution is 2.40. The van der Waals surface area contributed by atoms with Crippen LogP contribution in [-0.2, 0) is 14.8 Å². The first-order valence-electron chi connectivity index (χ1n) is 10.7. The fourth-order valence-electron chi connectivity index (χ4n) is 3.36. The Morgan fingerprint density at radius 1 is 1.18 bits per heavy atom. The van der Waals surface area contributed by atoms with Gasteiger partial charge in [0.25, 0.3) is 0 Å². The number of nitrogens with one attached hydrogen (secondary N) is 1. The molecule has 0 unspecified atom stereocenters. The normalized spacial score (nSPS) is 14.0. The molecule has 0 radical (unpaired) electrons. The van der Waals surface area contributed by atoms with Gasteiger partial charge in [-0.05, 0) is 62.1 Å². The molecule has 33 heavy (non-hydrogen) atoms. The molecule has 8 nitrogen and oxygen atoms in total. The number of sulfonamides is 1. The minimum atomic E-state index is -3.61. The molecule has 174 valence electrons. The number of thioether (sulfide) groups is 1. The third-order valence-electron chi connectivity index (χ3n) is 5.58. The predicted octanol–water partition coefficient (Wildman–Crippen LogP) is 3.74. The van der Waals surface area contributed by atoms with E-state index in [9.17, 15) is 13.2 Å². The number of aromatic nitrogens is 3. The molecule has 1 fully saturated rings. The van der Waals surface area contributed by atoms with Crippen molar-refractivity contribution in [3.63, 3.8) is 0 Å². The SMILES string of the molecule is Cc1cc(S(=O)(=O)N(C)C)cc(NC(=O)CSc2nc(C3CC3)n(-c3ccccc3)n2)c1C. The zero-order valence-electron chi connectivity index (χ0n) is 19.1. The zero-order chi connectivity index (χ0) is 23.8. The molecule has 2 aromatic carbocycles. The maximum atomic E-state index is 12.7. The second-order valence-corrected chi connectivity index (χ2v) is 11.4. The van der Waals surface area contributed by atoms with E-state index in [0.717, 1.165) is 39.8 Å². The van der Waals surface area contributed by atoms with Gasteiger partial charge in [-0.3, -0.25) is 4.79 Å². The minimum Gasteiger partial charge on any atom is -0.325 e. The Morgan fingerprint density at radius 3 is 2.52 bits per heavy atom. The van der Waals surface area contributed by atoms with Crippen LogP contribution >= 0.6 is 11.8 Å². The fraction of sp³-hybridized carbons (Fsp3) is 0.348. The average molecular weight is 486 g/mol. The standard InChI is InChI=1S/C23H27N5O3S2/c1-15-12-19(33(30,31)27(3)4)13-20(16(15)2)24-21(29)14-32-23-25-22(17-10-11-17)28(26-23)18-8-6-5-7-9-18/h5-9,12-13,17H,10-11,14H2,1-4H3,(H,24,29). The maximum Gasteiger partial charge on any atom is 0.242 e. The molecule has 1 amide bonds. The van der Waals surface area contributed by atoms with Gasteiger partial charge in [-0.25, -0.2) is 22.4 Å². The molecule has 1 aliphatic rings. The molecule has 0 bridgehead atoms. The molecule has 1 saturated carbocycles. The second kappa shape index (κ2) is 9.28. The van der Waals surface area contributed by atoms with Crippen molar-refractivity contribution in [1.82, 2.24) is 19.1 Å². The number of nitrogens with zero attached hydrogens (tertiary/aromatic N) is 4. The third kappa shape index (κ3) is 5.13. The van der Waals surface area contributed by atoms with Gasteiger partial charge in [0.05, 0.1) is 16.3 Å². The lowest BCUT2D eigenvalue weighted by atomic mass is 10.1. The quantitative estimate of drug-likeness (QED) is 0.488. The molecule has 1 heterocycles. The van der Waals surface area contributed by atoms with Crippen molar-refractivity contribution in [2.45, 2.75) is 42.7 Å². The number of benzene rings is 2. The highest BCUT2D eigenvalue weighted by atomic mass is 32.2. The van der Waals surface area contributed by atoms with Crippen LogP contribution in [0.1, 0.15) is 35.7 Å². The molecule has 0 atom stereocenters. The fourth-order valence-corrected chi connectivity index (χ4v) is 5.01. The first-order chi connectivity index (χ1) is 15.7. The van der Waals surface area contributed by atoms with Crippen molar-refractivity contribution >= 4 is 33.4 Å². The lowest BCUT2D eigenvalue weighted by Gasteiger charge is -2.16. The Kier molecular flexibility index (Phi) is 6.60. The van der Waals surface area contributed by atoms with E-state index in [1.54, 1.807) is 6.07 Å². The first kappa shape index (κ1) is 23.5. The minimum absolute atomic E-state index is 0.117. The number of hydrogen-bond donors (Lipinski definition) is 1. The maximum absolute atomic E-state index is 12.7. The summed E-state index contributed by atoms with van der Waals surface area (Å²) in [7, 11) is -0.640. The Labute approximate surface area is 198 Å². The number of hydrogen-bond acceptors (Lipinski definition) is 6. The lowest BCUT2D eigenvalue weighted by molar-refractivity contribution is -0.113. The lowest BCUT2D eigenvalue weighted by Crippen LogP contribution is -2.23. The van der Waals surface area contributed by atoms with Gasteiger partial charge in [0.1, 0.15) is 5.82 Å². The molecule has 0 aliphatic heterocycles. The summed E-state index contributed by atoms with van der Waals surface area (Å²) in [5, 5.41) is 8.03. The summed E-state index contributed by atoms with van der Waals surface area (Å²) < 4.78 is 28.1. The van der Waals surface area contributed by atoms with Crippen molar-refractivity contribution in [1.29, 1.82) is 0 Å². The van der Waals surface area contributed by atoms with Crippen molar-refractivity contribution < 1.29 is 13.2 Å². The van der Waals surface area contributed by atoms with Gasteiger partial charge >= 0.3 is 0 Å². The molecule has 3 aromatic rings. The first-order valence-corrected chi connectivity index (χ1v) is 13.1. The smallest absolute Gasteiger partial charge is 0.242 e. The number of aryl methyl sites for hydroxylation is 1. The molecule has 1 aromatic heterocycles. The zero-order valence-corrected chi connectivity index (χ0v) is 20.7. The molecule has 1 aliphatic carbocycles. The van der Waals surface area contributed by atoms with Crippen LogP contribution in [0.5, 0.6) is 0 Å². The van der Waals surface area contributed by atoms with Crippen LogP contribution in [0.2, 0.25) is 0 Å². The van der Waals surface area contributed by atoms with Gasteiger partial charge in [0.15, 0.2) is 0 Å². The number of amides is 1. The molecule has 1 N–H and O–H groups in total. The van der Waals surface area contributed by atoms with Crippen molar-refractivity contribution in [3.8, 4) is 5.69 Å². The number of para-hydroxylation sites is 1. The van der Waals surface area contributed by atoms with Gasteiger partial charge in [0.2, 0.25) is 21.1 Å². The topological polar surface area (TPSA) is 97.2 Å². The van der Waals surface area contributed by atoms with E-state index in [1.807, 2.05) is 48.9 Å².